The predicted octanol–water partition coefficient (Wildman–Crippen LogP) is 1.73. The summed E-state index contributed by atoms with van der Waals surface area (Å²) in [5, 5.41) is 10.1. The maximum Gasteiger partial charge on any atom is 0.315 e. The fourth-order valence-electron chi connectivity index (χ4n) is 1.78. The van der Waals surface area contributed by atoms with E-state index in [-0.39, 0.29) is 12.1 Å². The smallest absolute Gasteiger partial charge is 0.315 e. The molecule has 1 aromatic rings. The summed E-state index contributed by atoms with van der Waals surface area (Å²) in [5.41, 5.74) is 3.20. The zero-order valence-corrected chi connectivity index (χ0v) is 11.3. The molecule has 17 heavy (non-hydrogen) atoms. The minimum absolute atomic E-state index is 0.136. The average molecular weight is 238 g/mol. The summed E-state index contributed by atoms with van der Waals surface area (Å²) in [4.78, 5) is 11.5. The molecule has 0 unspecified atom stereocenters. The van der Waals surface area contributed by atoms with Crippen LogP contribution in [0.3, 0.4) is 0 Å². The van der Waals surface area contributed by atoms with Crippen molar-refractivity contribution in [2.24, 2.45) is 0 Å². The number of carbonyl (C=O) groups excluding carboxylic acids is 1. The second kappa shape index (κ2) is 5.70. The van der Waals surface area contributed by atoms with Crippen molar-refractivity contribution < 1.29 is 4.79 Å². The van der Waals surface area contributed by atoms with Crippen molar-refractivity contribution in [3.63, 3.8) is 0 Å². The van der Waals surface area contributed by atoms with Crippen molar-refractivity contribution in [2.75, 3.05) is 0 Å². The summed E-state index contributed by atoms with van der Waals surface area (Å²) < 4.78 is 1.95. The van der Waals surface area contributed by atoms with Crippen LogP contribution in [0.5, 0.6) is 0 Å². The predicted molar refractivity (Wildman–Crippen MR) is 67.9 cm³/mol. The number of carbonyl (C=O) groups is 1. The lowest BCUT2D eigenvalue weighted by Gasteiger charge is -2.10. The normalized spacial score (nSPS) is 10.7. The number of rotatable bonds is 4. The highest BCUT2D eigenvalue weighted by atomic mass is 16.2. The lowest BCUT2D eigenvalue weighted by Crippen LogP contribution is -2.39. The van der Waals surface area contributed by atoms with Crippen molar-refractivity contribution >= 4 is 6.03 Å². The van der Waals surface area contributed by atoms with Gasteiger partial charge in [0.1, 0.15) is 0 Å². The Kier molecular flexibility index (Phi) is 4.54. The molecular formula is C12H22N4O. The minimum atomic E-state index is -0.136. The van der Waals surface area contributed by atoms with Crippen molar-refractivity contribution in [1.82, 2.24) is 20.4 Å². The highest BCUT2D eigenvalue weighted by Gasteiger charge is 2.11. The summed E-state index contributed by atoms with van der Waals surface area (Å²) >= 11 is 0. The van der Waals surface area contributed by atoms with E-state index in [2.05, 4.69) is 22.7 Å². The molecule has 0 saturated heterocycles. The van der Waals surface area contributed by atoms with Crippen LogP contribution in [-0.4, -0.2) is 21.9 Å². The third kappa shape index (κ3) is 3.47. The van der Waals surface area contributed by atoms with Crippen LogP contribution in [0.25, 0.3) is 0 Å². The number of amides is 2. The molecular weight excluding hydrogens is 216 g/mol. The van der Waals surface area contributed by atoms with Crippen LogP contribution in [0.2, 0.25) is 0 Å². The highest BCUT2D eigenvalue weighted by Crippen LogP contribution is 2.12. The van der Waals surface area contributed by atoms with Gasteiger partial charge >= 0.3 is 6.03 Å². The molecule has 2 N–H and O–H groups in total. The maximum absolute atomic E-state index is 11.5. The van der Waals surface area contributed by atoms with Crippen molar-refractivity contribution in [3.05, 3.63) is 17.0 Å². The zero-order chi connectivity index (χ0) is 13.0. The lowest BCUT2D eigenvalue weighted by molar-refractivity contribution is 0.238. The number of nitrogens with zero attached hydrogens (tertiary/aromatic N) is 2. The van der Waals surface area contributed by atoms with Crippen molar-refractivity contribution in [1.29, 1.82) is 0 Å². The third-order valence-electron chi connectivity index (χ3n) is 2.68. The standard InChI is InChI=1S/C12H22N4O/c1-6-16-10(5)11(9(4)15-16)7-13-12(17)14-8(2)3/h8H,6-7H2,1-5H3,(H2,13,14,17). The van der Waals surface area contributed by atoms with E-state index in [1.807, 2.05) is 32.4 Å². The molecule has 0 spiro atoms. The zero-order valence-electron chi connectivity index (χ0n) is 11.3. The molecule has 0 bridgehead atoms. The van der Waals surface area contributed by atoms with Crippen molar-refractivity contribution in [3.8, 4) is 0 Å². The quantitative estimate of drug-likeness (QED) is 0.839. The Labute approximate surface area is 103 Å². The molecule has 0 saturated carbocycles. The topological polar surface area (TPSA) is 59.0 Å². The first-order valence-electron chi connectivity index (χ1n) is 6.03. The van der Waals surface area contributed by atoms with Gasteiger partial charge in [0.05, 0.1) is 5.69 Å². The van der Waals surface area contributed by atoms with Crippen LogP contribution >= 0.6 is 0 Å². The fourth-order valence-corrected chi connectivity index (χ4v) is 1.78. The second-order valence-corrected chi connectivity index (χ2v) is 4.45. The van der Waals surface area contributed by atoms with E-state index >= 15 is 0 Å². The van der Waals surface area contributed by atoms with E-state index in [0.29, 0.717) is 6.54 Å². The molecule has 0 aromatic carbocycles. The van der Waals surface area contributed by atoms with Gasteiger partial charge < -0.3 is 10.6 Å². The number of hydrogen-bond acceptors (Lipinski definition) is 2. The Morgan fingerprint density at radius 1 is 1.41 bits per heavy atom. The molecule has 96 valence electrons. The van der Waals surface area contributed by atoms with Crippen LogP contribution in [0.1, 0.15) is 37.7 Å². The van der Waals surface area contributed by atoms with Crippen molar-refractivity contribution in [2.45, 2.75) is 53.8 Å². The van der Waals surface area contributed by atoms with Crippen LogP contribution in [0.4, 0.5) is 4.79 Å². The molecule has 5 nitrogen and oxygen atoms in total. The van der Waals surface area contributed by atoms with Crippen LogP contribution in [0, 0.1) is 13.8 Å². The Hall–Kier alpha value is -1.52. The summed E-state index contributed by atoms with van der Waals surface area (Å²) in [6.45, 7) is 11.3. The number of nitrogens with one attached hydrogen (secondary N) is 2. The Morgan fingerprint density at radius 2 is 2.06 bits per heavy atom. The van der Waals surface area contributed by atoms with E-state index in [1.54, 1.807) is 0 Å². The monoisotopic (exact) mass is 238 g/mol. The summed E-state index contributed by atoms with van der Waals surface area (Å²) in [6, 6.07) is 0.0126. The van der Waals surface area contributed by atoms with Gasteiger partial charge in [0.2, 0.25) is 0 Å². The van der Waals surface area contributed by atoms with E-state index in [9.17, 15) is 4.79 Å². The number of urea groups is 1. The van der Waals surface area contributed by atoms with E-state index < -0.39 is 0 Å². The summed E-state index contributed by atoms with van der Waals surface area (Å²) in [5.74, 6) is 0. The molecule has 0 fully saturated rings. The molecule has 1 aromatic heterocycles. The fraction of sp³-hybridized carbons (Fsp3) is 0.667. The van der Waals surface area contributed by atoms with Gasteiger partial charge in [-0.15, -0.1) is 0 Å². The first-order chi connectivity index (χ1) is 7.95. The first-order valence-corrected chi connectivity index (χ1v) is 6.03. The molecule has 2 amide bonds. The summed E-state index contributed by atoms with van der Waals surface area (Å²) in [6.07, 6.45) is 0. The number of aromatic nitrogens is 2. The van der Waals surface area contributed by atoms with E-state index in [0.717, 1.165) is 23.5 Å². The Balaban J connectivity index is 2.63. The maximum atomic E-state index is 11.5. The average Bonchev–Trinajstić information content (AvgIpc) is 2.50. The van der Waals surface area contributed by atoms with Gasteiger partial charge in [-0.1, -0.05) is 0 Å². The first kappa shape index (κ1) is 13.5. The van der Waals surface area contributed by atoms with E-state index in [1.165, 1.54) is 0 Å². The second-order valence-electron chi connectivity index (χ2n) is 4.45. The van der Waals surface area contributed by atoms with E-state index in [4.69, 9.17) is 0 Å². The minimum Gasteiger partial charge on any atom is -0.336 e. The molecule has 0 aliphatic rings. The number of aryl methyl sites for hydroxylation is 2. The van der Waals surface area contributed by atoms with Crippen LogP contribution < -0.4 is 10.6 Å². The van der Waals surface area contributed by atoms with Gasteiger partial charge in [0.15, 0.2) is 0 Å². The molecule has 1 heterocycles. The van der Waals surface area contributed by atoms with Gasteiger partial charge in [0, 0.05) is 30.4 Å². The Morgan fingerprint density at radius 3 is 2.53 bits per heavy atom. The molecule has 5 heteroatoms. The SMILES string of the molecule is CCn1nc(C)c(CNC(=O)NC(C)C)c1C. The van der Waals surface area contributed by atoms with Crippen LogP contribution in [0.15, 0.2) is 0 Å². The molecule has 0 aliphatic carbocycles. The molecule has 1 rings (SSSR count). The largest absolute Gasteiger partial charge is 0.336 e. The lowest BCUT2D eigenvalue weighted by atomic mass is 10.2. The van der Waals surface area contributed by atoms with Gasteiger partial charge in [0.25, 0.3) is 0 Å². The third-order valence-corrected chi connectivity index (χ3v) is 2.68. The Bertz CT molecular complexity index is 395. The van der Waals surface area contributed by atoms with Gasteiger partial charge in [-0.3, -0.25) is 4.68 Å². The molecule has 0 atom stereocenters. The van der Waals surface area contributed by atoms with Gasteiger partial charge in [-0.05, 0) is 34.6 Å². The summed E-state index contributed by atoms with van der Waals surface area (Å²) in [7, 11) is 0. The van der Waals surface area contributed by atoms with Crippen LogP contribution in [-0.2, 0) is 13.1 Å². The van der Waals surface area contributed by atoms with Gasteiger partial charge in [-0.2, -0.15) is 5.10 Å². The molecule has 0 radical (unpaired) electrons. The van der Waals surface area contributed by atoms with Gasteiger partial charge in [-0.25, -0.2) is 4.79 Å². The highest BCUT2D eigenvalue weighted by molar-refractivity contribution is 5.74. The molecule has 0 aliphatic heterocycles. The number of hydrogen-bond donors (Lipinski definition) is 2.